The quantitative estimate of drug-likeness (QED) is 0.258. The average molecular weight is 461 g/mol. The molecule has 0 aromatic heterocycles. The fourth-order valence-corrected chi connectivity index (χ4v) is 6.27. The smallest absolute Gasteiger partial charge is 0.0719 e. The summed E-state index contributed by atoms with van der Waals surface area (Å²) in [5.41, 5.74) is 27.5. The second-order valence-electron chi connectivity index (χ2n) is 9.67. The molecular formula is C33H36N2. The van der Waals surface area contributed by atoms with Gasteiger partial charge in [0.1, 0.15) is 0 Å². The summed E-state index contributed by atoms with van der Waals surface area (Å²) < 4.78 is 0. The van der Waals surface area contributed by atoms with E-state index in [0.717, 1.165) is 37.1 Å². The maximum atomic E-state index is 6.55. The van der Waals surface area contributed by atoms with E-state index in [4.69, 9.17) is 11.5 Å². The second-order valence-corrected chi connectivity index (χ2v) is 9.67. The Morgan fingerprint density at radius 2 is 0.857 bits per heavy atom. The molecule has 4 aromatic carbocycles. The summed E-state index contributed by atoms with van der Waals surface area (Å²) in [6, 6.07) is 27.2. The Balaban J connectivity index is 2.04. The van der Waals surface area contributed by atoms with Gasteiger partial charge in [-0.2, -0.15) is 0 Å². The van der Waals surface area contributed by atoms with Crippen LogP contribution < -0.4 is 11.5 Å². The van der Waals surface area contributed by atoms with Gasteiger partial charge in [0.25, 0.3) is 0 Å². The predicted molar refractivity (Wildman–Crippen MR) is 150 cm³/mol. The minimum absolute atomic E-state index is 0.418. The van der Waals surface area contributed by atoms with Crippen LogP contribution in [0.25, 0.3) is 11.1 Å². The highest BCUT2D eigenvalue weighted by atomic mass is 14.6. The SMILES string of the molecule is CCc1cc(C2(c3cc(CC)c(N)cc3CC)c3ccccc3-c3ccccc32)c(CC)cc1N. The number of fused-ring (bicyclic) bond motifs is 3. The first-order valence-electron chi connectivity index (χ1n) is 13.0. The van der Waals surface area contributed by atoms with Crippen molar-refractivity contribution in [2.24, 2.45) is 0 Å². The van der Waals surface area contributed by atoms with Crippen LogP contribution in [0.4, 0.5) is 11.4 Å². The predicted octanol–water partition coefficient (Wildman–Crippen LogP) is 7.46. The van der Waals surface area contributed by atoms with Gasteiger partial charge < -0.3 is 11.5 Å². The van der Waals surface area contributed by atoms with Crippen molar-refractivity contribution in [2.45, 2.75) is 58.8 Å². The van der Waals surface area contributed by atoms with Crippen LogP contribution in [0.15, 0.2) is 72.8 Å². The van der Waals surface area contributed by atoms with E-state index in [0.29, 0.717) is 0 Å². The van der Waals surface area contributed by atoms with Gasteiger partial charge in [0, 0.05) is 11.4 Å². The highest BCUT2D eigenvalue weighted by Gasteiger charge is 2.48. The van der Waals surface area contributed by atoms with Crippen LogP contribution in [0.1, 0.15) is 72.2 Å². The molecule has 0 amide bonds. The molecule has 35 heavy (non-hydrogen) atoms. The van der Waals surface area contributed by atoms with Gasteiger partial charge in [0.15, 0.2) is 0 Å². The van der Waals surface area contributed by atoms with Crippen molar-refractivity contribution in [1.82, 2.24) is 0 Å². The van der Waals surface area contributed by atoms with Crippen molar-refractivity contribution >= 4 is 11.4 Å². The molecule has 4 N–H and O–H groups in total. The zero-order chi connectivity index (χ0) is 24.7. The largest absolute Gasteiger partial charge is 0.398 e. The lowest BCUT2D eigenvalue weighted by Gasteiger charge is -2.38. The summed E-state index contributed by atoms with van der Waals surface area (Å²) in [5.74, 6) is 0. The van der Waals surface area contributed by atoms with E-state index >= 15 is 0 Å². The monoisotopic (exact) mass is 460 g/mol. The third-order valence-electron chi connectivity index (χ3n) is 8.01. The molecule has 5 rings (SSSR count). The molecule has 1 aliphatic carbocycles. The Morgan fingerprint density at radius 1 is 0.486 bits per heavy atom. The van der Waals surface area contributed by atoms with Crippen LogP contribution in [0.5, 0.6) is 0 Å². The van der Waals surface area contributed by atoms with Crippen LogP contribution in [-0.2, 0) is 31.1 Å². The first-order chi connectivity index (χ1) is 17.0. The first kappa shape index (κ1) is 23.2. The van der Waals surface area contributed by atoms with Crippen LogP contribution in [-0.4, -0.2) is 0 Å². The highest BCUT2D eigenvalue weighted by Crippen LogP contribution is 2.58. The Kier molecular flexibility index (Phi) is 5.92. The summed E-state index contributed by atoms with van der Waals surface area (Å²) >= 11 is 0. The number of hydrogen-bond donors (Lipinski definition) is 2. The van der Waals surface area contributed by atoms with Gasteiger partial charge in [-0.1, -0.05) is 88.4 Å². The van der Waals surface area contributed by atoms with Gasteiger partial charge in [-0.3, -0.25) is 0 Å². The van der Waals surface area contributed by atoms with Crippen LogP contribution >= 0.6 is 0 Å². The fourth-order valence-electron chi connectivity index (χ4n) is 6.27. The number of aryl methyl sites for hydroxylation is 4. The zero-order valence-corrected chi connectivity index (χ0v) is 21.4. The number of anilines is 2. The van der Waals surface area contributed by atoms with Gasteiger partial charge in [-0.25, -0.2) is 0 Å². The molecule has 0 saturated heterocycles. The Morgan fingerprint density at radius 3 is 1.23 bits per heavy atom. The lowest BCUT2D eigenvalue weighted by molar-refractivity contribution is 0.737. The molecular weight excluding hydrogens is 424 g/mol. The molecule has 0 unspecified atom stereocenters. The van der Waals surface area contributed by atoms with E-state index in [-0.39, 0.29) is 0 Å². The lowest BCUT2D eigenvalue weighted by atomic mass is 9.64. The van der Waals surface area contributed by atoms with Crippen molar-refractivity contribution < 1.29 is 0 Å². The van der Waals surface area contributed by atoms with Crippen molar-refractivity contribution in [3.8, 4) is 11.1 Å². The van der Waals surface area contributed by atoms with E-state index in [1.54, 1.807) is 0 Å². The summed E-state index contributed by atoms with van der Waals surface area (Å²) in [4.78, 5) is 0. The summed E-state index contributed by atoms with van der Waals surface area (Å²) in [5, 5.41) is 0. The number of rotatable bonds is 6. The maximum absolute atomic E-state index is 6.55. The van der Waals surface area contributed by atoms with Crippen LogP contribution in [0, 0.1) is 0 Å². The molecule has 2 heteroatoms. The van der Waals surface area contributed by atoms with Crippen molar-refractivity contribution in [3.63, 3.8) is 0 Å². The Labute approximate surface area is 210 Å². The van der Waals surface area contributed by atoms with Crippen molar-refractivity contribution in [1.29, 1.82) is 0 Å². The van der Waals surface area contributed by atoms with E-state index in [1.165, 1.54) is 55.6 Å². The fraction of sp³-hybridized carbons (Fsp3) is 0.273. The Bertz CT molecular complexity index is 1300. The zero-order valence-electron chi connectivity index (χ0n) is 21.4. The standard InChI is InChI=1S/C33H36N2/c1-5-21-19-31(34)23(7-3)17-29(21)33(30-18-24(8-4)32(35)20-22(30)6-2)27-15-11-9-13-25(27)26-14-10-12-16-28(26)33/h9-20H,5-8,34-35H2,1-4H3. The molecule has 1 aliphatic rings. The second kappa shape index (κ2) is 8.92. The molecule has 0 aliphatic heterocycles. The van der Waals surface area contributed by atoms with Crippen molar-refractivity contribution in [3.05, 3.63) is 117 Å². The normalized spacial score (nSPS) is 13.5. The number of nitrogen functional groups attached to an aromatic ring is 2. The summed E-state index contributed by atoms with van der Waals surface area (Å²) in [7, 11) is 0. The Hall–Kier alpha value is -3.52. The molecule has 2 nitrogen and oxygen atoms in total. The minimum atomic E-state index is -0.418. The van der Waals surface area contributed by atoms with Crippen LogP contribution in [0.3, 0.4) is 0 Å². The number of hydrogen-bond acceptors (Lipinski definition) is 2. The number of nitrogens with two attached hydrogens (primary N) is 2. The van der Waals surface area contributed by atoms with E-state index in [9.17, 15) is 0 Å². The molecule has 0 atom stereocenters. The lowest BCUT2D eigenvalue weighted by Crippen LogP contribution is -2.32. The maximum Gasteiger partial charge on any atom is 0.0719 e. The molecule has 0 spiro atoms. The van der Waals surface area contributed by atoms with E-state index in [1.807, 2.05) is 0 Å². The van der Waals surface area contributed by atoms with E-state index in [2.05, 4.69) is 100 Å². The van der Waals surface area contributed by atoms with Gasteiger partial charge in [0.05, 0.1) is 5.41 Å². The third kappa shape index (κ3) is 3.31. The molecule has 4 aromatic rings. The van der Waals surface area contributed by atoms with Gasteiger partial charge in [0.2, 0.25) is 0 Å². The summed E-state index contributed by atoms with van der Waals surface area (Å²) in [6.45, 7) is 8.87. The summed E-state index contributed by atoms with van der Waals surface area (Å²) in [6.07, 6.45) is 3.66. The van der Waals surface area contributed by atoms with Gasteiger partial charge in [-0.15, -0.1) is 0 Å². The van der Waals surface area contributed by atoms with E-state index < -0.39 is 5.41 Å². The molecule has 0 fully saturated rings. The average Bonchev–Trinajstić information content (AvgIpc) is 3.19. The van der Waals surface area contributed by atoms with Crippen molar-refractivity contribution in [2.75, 3.05) is 11.5 Å². The molecule has 0 radical (unpaired) electrons. The van der Waals surface area contributed by atoms with Gasteiger partial charge >= 0.3 is 0 Å². The van der Waals surface area contributed by atoms with Gasteiger partial charge in [-0.05, 0) is 93.5 Å². The third-order valence-corrected chi connectivity index (χ3v) is 8.01. The first-order valence-corrected chi connectivity index (χ1v) is 13.0. The molecule has 0 saturated carbocycles. The molecule has 178 valence electrons. The molecule has 0 heterocycles. The minimum Gasteiger partial charge on any atom is -0.398 e. The topological polar surface area (TPSA) is 52.0 Å². The van der Waals surface area contributed by atoms with Crippen LogP contribution in [0.2, 0.25) is 0 Å². The number of benzene rings is 4. The highest BCUT2D eigenvalue weighted by molar-refractivity contribution is 5.87. The molecule has 0 bridgehead atoms.